The Bertz CT molecular complexity index is 1330. The number of benzene rings is 3. The third-order valence-electron chi connectivity index (χ3n) is 5.16. The number of anilines is 1. The van der Waals surface area contributed by atoms with Gasteiger partial charge in [-0.2, -0.15) is 4.72 Å². The molecule has 11 heteroatoms. The molecule has 164 valence electrons. The molecule has 4 rings (SSSR count). The lowest BCUT2D eigenvalue weighted by atomic mass is 9.95. The van der Waals surface area contributed by atoms with Crippen molar-refractivity contribution >= 4 is 39.0 Å². The zero-order chi connectivity index (χ0) is 23.1. The lowest BCUT2D eigenvalue weighted by Crippen LogP contribution is -2.50. The average molecular weight is 474 g/mol. The molecule has 0 bridgehead atoms. The zero-order valence-electron chi connectivity index (χ0n) is 16.3. The van der Waals surface area contributed by atoms with E-state index >= 15 is 0 Å². The number of carboxylic acid groups (broad SMARTS) is 1. The van der Waals surface area contributed by atoms with Gasteiger partial charge in [-0.25, -0.2) is 13.2 Å². The number of nitro groups is 1. The number of nitrogens with one attached hydrogen (secondary N) is 2. The van der Waals surface area contributed by atoms with Crippen molar-refractivity contribution in [2.24, 2.45) is 0 Å². The largest absolute Gasteiger partial charge is 0.478 e. The lowest BCUT2D eigenvalue weighted by molar-refractivity contribution is -0.384. The molecular weight excluding hydrogens is 458 g/mol. The number of nitro benzene ring substituents is 1. The van der Waals surface area contributed by atoms with E-state index in [1.54, 1.807) is 0 Å². The molecule has 9 nitrogen and oxygen atoms in total. The summed E-state index contributed by atoms with van der Waals surface area (Å²) in [5.41, 5.74) is 0.0298. The molecule has 0 aliphatic carbocycles. The summed E-state index contributed by atoms with van der Waals surface area (Å²) in [6, 6.07) is 15.6. The molecule has 3 aromatic carbocycles. The van der Waals surface area contributed by atoms with Crippen LogP contribution in [0.1, 0.15) is 21.5 Å². The van der Waals surface area contributed by atoms with Gasteiger partial charge in [-0.1, -0.05) is 23.7 Å². The molecular formula is C21H16ClN3O6S. The molecule has 1 unspecified atom stereocenters. The molecule has 1 aliphatic rings. The number of hydrogen-bond donors (Lipinski definition) is 3. The molecule has 0 saturated heterocycles. The van der Waals surface area contributed by atoms with Crippen LogP contribution in [0.25, 0.3) is 0 Å². The van der Waals surface area contributed by atoms with Gasteiger partial charge in [0, 0.05) is 29.3 Å². The quantitative estimate of drug-likeness (QED) is 0.366. The van der Waals surface area contributed by atoms with E-state index in [0.717, 1.165) is 0 Å². The van der Waals surface area contributed by atoms with Gasteiger partial charge < -0.3 is 10.4 Å². The van der Waals surface area contributed by atoms with Crippen LogP contribution in [-0.4, -0.2) is 24.4 Å². The second-order valence-electron chi connectivity index (χ2n) is 7.25. The van der Waals surface area contributed by atoms with Gasteiger partial charge >= 0.3 is 5.97 Å². The maximum absolute atomic E-state index is 13.2. The first-order valence-electron chi connectivity index (χ1n) is 9.28. The summed E-state index contributed by atoms with van der Waals surface area (Å²) in [5, 5.41) is 23.9. The standard InChI is InChI=1S/C21H16ClN3O6S/c22-16-5-8-18(9-6-16)32(30,31)24-21(15-3-1-13(2-4-15)20(26)27)12-14-11-17(25(28)29)7-10-19(14)23-21/h1-11,23-24H,12H2,(H,26,27). The van der Waals surface area contributed by atoms with Gasteiger partial charge in [-0.3, -0.25) is 10.1 Å². The molecule has 32 heavy (non-hydrogen) atoms. The van der Waals surface area contributed by atoms with Gasteiger partial charge in [0.25, 0.3) is 5.69 Å². The molecule has 0 saturated carbocycles. The first-order valence-corrected chi connectivity index (χ1v) is 11.1. The number of hydrogen-bond acceptors (Lipinski definition) is 6. The van der Waals surface area contributed by atoms with E-state index in [1.165, 1.54) is 66.7 Å². The molecule has 3 N–H and O–H groups in total. The Balaban J connectivity index is 1.79. The minimum Gasteiger partial charge on any atom is -0.478 e. The Kier molecular flexibility index (Phi) is 5.37. The fourth-order valence-electron chi connectivity index (χ4n) is 3.62. The summed E-state index contributed by atoms with van der Waals surface area (Å²) < 4.78 is 29.0. The molecule has 0 radical (unpaired) electrons. The first kappa shape index (κ1) is 21.8. The Morgan fingerprint density at radius 2 is 1.75 bits per heavy atom. The van der Waals surface area contributed by atoms with Crippen LogP contribution in [0.15, 0.2) is 71.6 Å². The van der Waals surface area contributed by atoms with E-state index in [0.29, 0.717) is 21.8 Å². The number of sulfonamides is 1. The number of halogens is 1. The van der Waals surface area contributed by atoms with Crippen molar-refractivity contribution < 1.29 is 23.2 Å². The summed E-state index contributed by atoms with van der Waals surface area (Å²) in [6.45, 7) is 0. The highest BCUT2D eigenvalue weighted by Gasteiger charge is 2.42. The highest BCUT2D eigenvalue weighted by molar-refractivity contribution is 7.89. The molecule has 0 aromatic heterocycles. The van der Waals surface area contributed by atoms with Crippen LogP contribution in [0.2, 0.25) is 5.02 Å². The second-order valence-corrected chi connectivity index (χ2v) is 9.37. The normalized spacial score (nSPS) is 17.4. The summed E-state index contributed by atoms with van der Waals surface area (Å²) in [6.07, 6.45) is 0.0588. The SMILES string of the molecule is O=C(O)c1ccc(C2(NS(=O)(=O)c3ccc(Cl)cc3)Cc3cc([N+](=O)[O-])ccc3N2)cc1. The molecule has 1 aliphatic heterocycles. The zero-order valence-corrected chi connectivity index (χ0v) is 17.9. The Hall–Kier alpha value is -3.47. The first-order chi connectivity index (χ1) is 15.1. The minimum absolute atomic E-state index is 0.0211. The Morgan fingerprint density at radius 1 is 1.09 bits per heavy atom. The van der Waals surface area contributed by atoms with Crippen LogP contribution in [0, 0.1) is 10.1 Å². The van der Waals surface area contributed by atoms with Gasteiger partial charge in [0.2, 0.25) is 10.0 Å². The van der Waals surface area contributed by atoms with Crippen molar-refractivity contribution in [1.82, 2.24) is 4.72 Å². The van der Waals surface area contributed by atoms with Crippen molar-refractivity contribution in [3.63, 3.8) is 0 Å². The van der Waals surface area contributed by atoms with E-state index in [9.17, 15) is 28.4 Å². The Labute approximate surface area is 187 Å². The monoisotopic (exact) mass is 473 g/mol. The van der Waals surface area contributed by atoms with Crippen LogP contribution in [0.3, 0.4) is 0 Å². The van der Waals surface area contributed by atoms with Crippen molar-refractivity contribution in [2.45, 2.75) is 17.0 Å². The highest BCUT2D eigenvalue weighted by Crippen LogP contribution is 2.40. The maximum atomic E-state index is 13.2. The number of nitrogens with zero attached hydrogens (tertiary/aromatic N) is 1. The molecule has 0 amide bonds. The lowest BCUT2D eigenvalue weighted by Gasteiger charge is -2.32. The van der Waals surface area contributed by atoms with Crippen LogP contribution in [0.5, 0.6) is 0 Å². The van der Waals surface area contributed by atoms with E-state index in [4.69, 9.17) is 11.6 Å². The van der Waals surface area contributed by atoms with Crippen LogP contribution >= 0.6 is 11.6 Å². The molecule has 0 fully saturated rings. The van der Waals surface area contributed by atoms with Crippen molar-refractivity contribution in [2.75, 3.05) is 5.32 Å². The highest BCUT2D eigenvalue weighted by atomic mass is 35.5. The van der Waals surface area contributed by atoms with Crippen LogP contribution in [0.4, 0.5) is 11.4 Å². The summed E-state index contributed by atoms with van der Waals surface area (Å²) >= 11 is 5.87. The van der Waals surface area contributed by atoms with Crippen molar-refractivity contribution in [3.05, 3.63) is 98.6 Å². The molecule has 0 spiro atoms. The van der Waals surface area contributed by atoms with Crippen LogP contribution < -0.4 is 10.0 Å². The van der Waals surface area contributed by atoms with Gasteiger partial charge in [-0.15, -0.1) is 0 Å². The molecule has 3 aromatic rings. The third-order valence-corrected chi connectivity index (χ3v) is 6.92. The summed E-state index contributed by atoms with van der Waals surface area (Å²) in [5.74, 6) is -1.12. The van der Waals surface area contributed by atoms with Crippen molar-refractivity contribution in [1.29, 1.82) is 0 Å². The van der Waals surface area contributed by atoms with Gasteiger partial charge in [0.1, 0.15) is 5.66 Å². The van der Waals surface area contributed by atoms with Gasteiger partial charge in [0.05, 0.1) is 15.4 Å². The maximum Gasteiger partial charge on any atom is 0.335 e. The fourth-order valence-corrected chi connectivity index (χ4v) is 5.05. The number of fused-ring (bicyclic) bond motifs is 1. The van der Waals surface area contributed by atoms with Crippen molar-refractivity contribution in [3.8, 4) is 0 Å². The van der Waals surface area contributed by atoms with E-state index in [1.807, 2.05) is 0 Å². The number of carboxylic acids is 1. The number of rotatable bonds is 6. The summed E-state index contributed by atoms with van der Waals surface area (Å²) in [4.78, 5) is 21.9. The topological polar surface area (TPSA) is 139 Å². The predicted molar refractivity (Wildman–Crippen MR) is 117 cm³/mol. The fraction of sp³-hybridized carbons (Fsp3) is 0.0952. The number of aromatic carboxylic acids is 1. The Morgan fingerprint density at radius 3 is 2.34 bits per heavy atom. The average Bonchev–Trinajstić information content (AvgIpc) is 3.11. The predicted octanol–water partition coefficient (Wildman–Crippen LogP) is 3.75. The van der Waals surface area contributed by atoms with E-state index < -0.39 is 26.6 Å². The third kappa shape index (κ3) is 4.03. The molecule has 1 heterocycles. The van der Waals surface area contributed by atoms with E-state index in [-0.39, 0.29) is 22.6 Å². The number of carbonyl (C=O) groups is 1. The van der Waals surface area contributed by atoms with Gasteiger partial charge in [0.15, 0.2) is 0 Å². The minimum atomic E-state index is -4.06. The molecule has 1 atom stereocenters. The van der Waals surface area contributed by atoms with Crippen LogP contribution in [-0.2, 0) is 22.1 Å². The van der Waals surface area contributed by atoms with E-state index in [2.05, 4.69) is 10.0 Å². The summed E-state index contributed by atoms with van der Waals surface area (Å²) in [7, 11) is -4.06. The second kappa shape index (κ2) is 7.90. The smallest absolute Gasteiger partial charge is 0.335 e. The van der Waals surface area contributed by atoms with Gasteiger partial charge in [-0.05, 0) is 53.6 Å². The number of non-ortho nitro benzene ring substituents is 1.